The highest BCUT2D eigenvalue weighted by molar-refractivity contribution is 6.00. The van der Waals surface area contributed by atoms with Crippen LogP contribution in [0.15, 0.2) is 171 Å². The molecule has 4 aromatic carbocycles. The van der Waals surface area contributed by atoms with Crippen LogP contribution < -0.4 is 21.3 Å². The third-order valence-electron chi connectivity index (χ3n) is 13.0. The van der Waals surface area contributed by atoms with E-state index >= 15 is 0 Å². The Hall–Kier alpha value is -8.92. The third kappa shape index (κ3) is 9.47. The minimum Gasteiger partial charge on any atom is -0.351 e. The molecule has 0 aliphatic carbocycles. The number of rotatable bonds is 13. The summed E-state index contributed by atoms with van der Waals surface area (Å²) in [4.78, 5) is 84.7. The molecule has 16 nitrogen and oxygen atoms in total. The predicted molar refractivity (Wildman–Crippen MR) is 265 cm³/mol. The quantitative estimate of drug-likeness (QED) is 0.0751. The molecule has 70 heavy (non-hydrogen) atoms. The van der Waals surface area contributed by atoms with Crippen molar-refractivity contribution in [3.05, 3.63) is 193 Å². The summed E-state index contributed by atoms with van der Waals surface area (Å²) >= 11 is 0. The van der Waals surface area contributed by atoms with Crippen LogP contribution in [0.2, 0.25) is 0 Å². The number of hydrogen-bond donors (Lipinski definition) is 5. The second-order valence-corrected chi connectivity index (χ2v) is 17.3. The number of carbonyl (C=O) groups is 4. The van der Waals surface area contributed by atoms with E-state index < -0.39 is 24.1 Å². The summed E-state index contributed by atoms with van der Waals surface area (Å²) in [5.74, 6) is 0.891. The van der Waals surface area contributed by atoms with Crippen LogP contribution in [0, 0.1) is 0 Å². The van der Waals surface area contributed by atoms with Crippen molar-refractivity contribution in [1.29, 1.82) is 0 Å². The van der Waals surface area contributed by atoms with Crippen molar-refractivity contribution >= 4 is 35.3 Å². The van der Waals surface area contributed by atoms with Gasteiger partial charge in [-0.15, -0.1) is 0 Å². The summed E-state index contributed by atoms with van der Waals surface area (Å²) in [6.07, 6.45) is 12.9. The van der Waals surface area contributed by atoms with Gasteiger partial charge in [-0.1, -0.05) is 109 Å². The van der Waals surface area contributed by atoms with Crippen LogP contribution >= 0.6 is 0 Å². The number of H-pyrrole nitrogens is 2. The number of aromatic nitrogens is 6. The number of amides is 6. The Bertz CT molecular complexity index is 3080. The lowest BCUT2D eigenvalue weighted by molar-refractivity contribution is -0.135. The largest absolute Gasteiger partial charge is 0.351 e. The third-order valence-corrected chi connectivity index (χ3v) is 13.0. The lowest BCUT2D eigenvalue weighted by atomic mass is 10.0. The van der Waals surface area contributed by atoms with Crippen LogP contribution in [-0.2, 0) is 9.59 Å². The van der Waals surface area contributed by atoms with Gasteiger partial charge in [-0.3, -0.25) is 24.5 Å². The number of benzene rings is 4. The number of likely N-dealkylation sites (tertiary alicyclic amines) is 2. The maximum atomic E-state index is 14.6. The number of urea groups is 2. The molecule has 0 radical (unpaired) electrons. The highest BCUT2D eigenvalue weighted by Crippen LogP contribution is 2.38. The van der Waals surface area contributed by atoms with Gasteiger partial charge in [0.2, 0.25) is 5.91 Å². The number of carbonyl (C=O) groups excluding carboxylic acids is 4. The Balaban J connectivity index is 0.807. The van der Waals surface area contributed by atoms with E-state index in [4.69, 9.17) is 15.7 Å². The Morgan fingerprint density at radius 1 is 0.586 bits per heavy atom. The molecular weight excluding hydrogens is 881 g/mol. The second-order valence-electron chi connectivity index (χ2n) is 17.3. The van der Waals surface area contributed by atoms with Gasteiger partial charge in [-0.05, 0) is 83.3 Å². The number of nitrogens with one attached hydrogen (secondary N) is 4. The molecule has 0 unspecified atom stereocenters. The van der Waals surface area contributed by atoms with E-state index in [-0.39, 0.29) is 23.9 Å². The Morgan fingerprint density at radius 2 is 1.10 bits per heavy atom. The van der Waals surface area contributed by atoms with Gasteiger partial charge in [0.1, 0.15) is 23.7 Å². The maximum absolute atomic E-state index is 14.6. The summed E-state index contributed by atoms with van der Waals surface area (Å²) in [7, 11) is 0. The molecule has 6 amide bonds. The van der Waals surface area contributed by atoms with Gasteiger partial charge in [-0.25, -0.2) is 19.6 Å². The smallest absolute Gasteiger partial charge is 0.320 e. The zero-order valence-electron chi connectivity index (χ0n) is 38.1. The molecule has 4 atom stereocenters. The lowest BCUT2D eigenvalue weighted by Crippen LogP contribution is -2.47. The SMILES string of the molecule is NC(=O)N(c1cccnc1)[C@@H](C(=O)N1CCC[C@H]1c1ncc(-c2ccc(-c3ccc(-c4cnc([C@@H]5CCCN5C(=O)[C@H](NC(=O)Nc5cccnc5)c5ccccc5)[nH]4)cc3)cc2)[nH]1)c1ccccc1. The summed E-state index contributed by atoms with van der Waals surface area (Å²) in [6, 6.07) is 38.0. The molecule has 6 N–H and O–H groups in total. The van der Waals surface area contributed by atoms with E-state index in [1.165, 1.54) is 11.1 Å². The predicted octanol–water partition coefficient (Wildman–Crippen LogP) is 9.14. The molecule has 350 valence electrons. The van der Waals surface area contributed by atoms with Gasteiger partial charge in [0, 0.05) is 25.5 Å². The first-order valence-electron chi connectivity index (χ1n) is 23.3. The maximum Gasteiger partial charge on any atom is 0.320 e. The number of hydrogen-bond acceptors (Lipinski definition) is 8. The van der Waals surface area contributed by atoms with Crippen LogP contribution in [0.1, 0.15) is 72.6 Å². The van der Waals surface area contributed by atoms with E-state index in [2.05, 4.69) is 54.8 Å². The normalized spacial score (nSPS) is 16.3. The highest BCUT2D eigenvalue weighted by atomic mass is 16.2. The van der Waals surface area contributed by atoms with Crippen molar-refractivity contribution in [1.82, 2.24) is 45.0 Å². The van der Waals surface area contributed by atoms with Crippen molar-refractivity contribution in [2.24, 2.45) is 5.73 Å². The van der Waals surface area contributed by atoms with E-state index in [0.29, 0.717) is 53.7 Å². The van der Waals surface area contributed by atoms with E-state index in [1.54, 1.807) is 65.0 Å². The Kier molecular flexibility index (Phi) is 12.9. The molecule has 16 heteroatoms. The monoisotopic (exact) mass is 930 g/mol. The van der Waals surface area contributed by atoms with Gasteiger partial charge in [0.05, 0.1) is 59.6 Å². The number of pyridine rings is 2. The molecule has 10 rings (SSSR count). The number of nitrogens with two attached hydrogens (primary N) is 1. The molecule has 0 bridgehead atoms. The fourth-order valence-electron chi connectivity index (χ4n) is 9.55. The van der Waals surface area contributed by atoms with E-state index in [9.17, 15) is 19.2 Å². The Labute approximate surface area is 404 Å². The fourth-order valence-corrected chi connectivity index (χ4v) is 9.55. The second kappa shape index (κ2) is 20.1. The minimum absolute atomic E-state index is 0.214. The first kappa shape index (κ1) is 44.9. The lowest BCUT2D eigenvalue weighted by Gasteiger charge is -2.34. The number of nitrogens with zero attached hydrogens (tertiary/aromatic N) is 7. The number of anilines is 2. The van der Waals surface area contributed by atoms with Crippen LogP contribution in [0.3, 0.4) is 0 Å². The average Bonchev–Trinajstić information content (AvgIpc) is 4.26. The van der Waals surface area contributed by atoms with Gasteiger partial charge in [-0.2, -0.15) is 0 Å². The molecule has 0 saturated carbocycles. The van der Waals surface area contributed by atoms with Crippen LogP contribution in [0.4, 0.5) is 21.0 Å². The summed E-state index contributed by atoms with van der Waals surface area (Å²) in [5.41, 5.74) is 13.8. The van der Waals surface area contributed by atoms with Crippen molar-refractivity contribution < 1.29 is 19.2 Å². The van der Waals surface area contributed by atoms with Gasteiger partial charge >= 0.3 is 12.1 Å². The highest BCUT2D eigenvalue weighted by Gasteiger charge is 2.41. The molecule has 8 aromatic rings. The van der Waals surface area contributed by atoms with Crippen LogP contribution in [-0.4, -0.2) is 76.7 Å². The van der Waals surface area contributed by atoms with Crippen molar-refractivity contribution in [2.75, 3.05) is 23.3 Å². The van der Waals surface area contributed by atoms with Crippen molar-refractivity contribution in [3.8, 4) is 33.6 Å². The molecule has 2 aliphatic heterocycles. The zero-order valence-corrected chi connectivity index (χ0v) is 38.1. The van der Waals surface area contributed by atoms with E-state index in [0.717, 1.165) is 52.9 Å². The molecular formula is C54H50N12O4. The van der Waals surface area contributed by atoms with Crippen molar-refractivity contribution in [3.63, 3.8) is 0 Å². The standard InChI is InChI=1S/C54H50N12O4/c55-53(69)66(42-16-8-28-57-32-42)48(40-13-5-2-6-14-40)52(68)65-30-10-18-46(65)50-59-34-44(62-50)38-25-21-36(22-26-38)35-19-23-37(24-20-35)43-33-58-49(61-43)45-17-9-29-64(45)51(67)47(39-11-3-1-4-12-39)63-54(70)60-41-15-7-27-56-31-41/h1-8,11-16,19-28,31-34,45-48H,9-10,17-18,29-30H2,(H2,55,69)(H,58,61)(H,59,62)(H2,60,63,70)/t45-,46-,47+,48+/m0/s1. The summed E-state index contributed by atoms with van der Waals surface area (Å²) < 4.78 is 0. The molecule has 2 aliphatic rings. The summed E-state index contributed by atoms with van der Waals surface area (Å²) in [6.45, 7) is 1.04. The molecule has 0 spiro atoms. The molecule has 2 fully saturated rings. The van der Waals surface area contributed by atoms with Gasteiger partial charge < -0.3 is 36.1 Å². The van der Waals surface area contributed by atoms with Gasteiger partial charge in [0.25, 0.3) is 5.91 Å². The van der Waals surface area contributed by atoms with Crippen molar-refractivity contribution in [2.45, 2.75) is 49.9 Å². The zero-order chi connectivity index (χ0) is 48.0. The first-order chi connectivity index (χ1) is 34.3. The van der Waals surface area contributed by atoms with Gasteiger partial charge in [0.15, 0.2) is 0 Å². The minimum atomic E-state index is -0.999. The summed E-state index contributed by atoms with van der Waals surface area (Å²) in [5, 5.41) is 5.67. The Morgan fingerprint density at radius 3 is 1.61 bits per heavy atom. The fraction of sp³-hybridized carbons (Fsp3) is 0.185. The number of primary amides is 1. The number of imidazole rings is 2. The van der Waals surface area contributed by atoms with Crippen LogP contribution in [0.5, 0.6) is 0 Å². The molecule has 2 saturated heterocycles. The van der Waals surface area contributed by atoms with E-state index in [1.807, 2.05) is 84.9 Å². The average molecular weight is 931 g/mol. The number of aromatic amines is 2. The van der Waals surface area contributed by atoms with Crippen LogP contribution in [0.25, 0.3) is 33.6 Å². The topological polar surface area (TPSA) is 211 Å². The first-order valence-corrected chi connectivity index (χ1v) is 23.3. The molecule has 4 aromatic heterocycles. The molecule has 6 heterocycles.